The number of hydrogen-bond donors (Lipinski definition) is 2. The summed E-state index contributed by atoms with van der Waals surface area (Å²) in [5.74, 6) is -0.115. The van der Waals surface area contributed by atoms with E-state index in [0.717, 1.165) is 0 Å². The van der Waals surface area contributed by atoms with Gasteiger partial charge in [-0.3, -0.25) is 10.1 Å². The Hall–Kier alpha value is -3.43. The first kappa shape index (κ1) is 14.5. The highest BCUT2D eigenvalue weighted by Crippen LogP contribution is 2.17. The molecule has 0 spiro atoms. The average molecular weight is 316 g/mol. The zero-order valence-corrected chi connectivity index (χ0v) is 12.0. The highest BCUT2D eigenvalue weighted by molar-refractivity contribution is 5.92. The zero-order valence-electron chi connectivity index (χ0n) is 12.0. The van der Waals surface area contributed by atoms with Crippen molar-refractivity contribution in [3.63, 3.8) is 0 Å². The molecule has 10 heteroatoms. The minimum atomic E-state index is -0.664. The zero-order chi connectivity index (χ0) is 16.2. The van der Waals surface area contributed by atoms with E-state index in [2.05, 4.69) is 30.7 Å². The fraction of sp³-hybridized carbons (Fsp3) is 0.154. The van der Waals surface area contributed by atoms with Gasteiger partial charge >= 0.3 is 6.09 Å². The number of amides is 2. The molecule has 1 aromatic carbocycles. The van der Waals surface area contributed by atoms with Crippen LogP contribution in [0, 0.1) is 0 Å². The first-order valence-corrected chi connectivity index (χ1v) is 6.52. The third-order valence-corrected chi connectivity index (χ3v) is 2.87. The molecule has 3 aromatic rings. The second kappa shape index (κ2) is 6.13. The largest absolute Gasteiger partial charge is 0.453 e. The number of ether oxygens (including phenoxy) is 1. The maximum absolute atomic E-state index is 12.0. The molecule has 2 aromatic heterocycles. The summed E-state index contributed by atoms with van der Waals surface area (Å²) in [7, 11) is 1.24. The molecule has 10 nitrogen and oxygen atoms in total. The van der Waals surface area contributed by atoms with Gasteiger partial charge in [0.05, 0.1) is 13.3 Å². The minimum absolute atomic E-state index is 0.0628. The number of nitrogens with zero attached hydrogens (tertiary/aromatic N) is 4. The van der Waals surface area contributed by atoms with Gasteiger partial charge in [0.2, 0.25) is 5.91 Å². The van der Waals surface area contributed by atoms with Crippen molar-refractivity contribution in [3.05, 3.63) is 30.8 Å². The number of carbonyl (C=O) groups is 2. The van der Waals surface area contributed by atoms with Crippen LogP contribution in [0.5, 0.6) is 0 Å². The molecule has 0 unspecified atom stereocenters. The molecule has 118 valence electrons. The summed E-state index contributed by atoms with van der Waals surface area (Å²) in [6.07, 6.45) is 2.08. The molecule has 0 saturated heterocycles. The maximum atomic E-state index is 12.0. The summed E-state index contributed by atoms with van der Waals surface area (Å²) >= 11 is 0. The van der Waals surface area contributed by atoms with Crippen molar-refractivity contribution >= 4 is 34.6 Å². The molecule has 0 aliphatic heterocycles. The molecule has 0 saturated carbocycles. The van der Waals surface area contributed by atoms with Crippen LogP contribution in [0.3, 0.4) is 0 Å². The first-order chi connectivity index (χ1) is 11.1. The molecule has 0 fully saturated rings. The summed E-state index contributed by atoms with van der Waals surface area (Å²) in [4.78, 5) is 27.0. The monoisotopic (exact) mass is 316 g/mol. The molecule has 0 atom stereocenters. The van der Waals surface area contributed by atoms with Gasteiger partial charge in [0, 0.05) is 5.69 Å². The molecule has 23 heavy (non-hydrogen) atoms. The highest BCUT2D eigenvalue weighted by atomic mass is 16.5. The molecule has 2 amide bonds. The van der Waals surface area contributed by atoms with E-state index < -0.39 is 6.09 Å². The number of oxazole rings is 1. The summed E-state index contributed by atoms with van der Waals surface area (Å²) < 4.78 is 10.8. The minimum Gasteiger partial charge on any atom is -0.453 e. The summed E-state index contributed by atoms with van der Waals surface area (Å²) in [6.45, 7) is -0.0628. The van der Waals surface area contributed by atoms with Gasteiger partial charge in [0.1, 0.15) is 12.1 Å². The molecular weight excluding hydrogens is 304 g/mol. The number of aromatic nitrogens is 4. The van der Waals surface area contributed by atoms with Crippen molar-refractivity contribution in [2.24, 2.45) is 0 Å². The van der Waals surface area contributed by atoms with Crippen LogP contribution in [0.25, 0.3) is 11.1 Å². The van der Waals surface area contributed by atoms with Gasteiger partial charge in [-0.25, -0.2) is 14.5 Å². The standard InChI is InChI=1S/C13H12N6O4/c1-22-13(21)16-11-5-19(18-17-11)6-12(20)15-8-2-3-10-9(4-8)14-7-23-10/h2-5,7H,6H2,1H3,(H,15,20)(H,16,21). The van der Waals surface area contributed by atoms with E-state index in [4.69, 9.17) is 4.42 Å². The Morgan fingerprint density at radius 1 is 1.35 bits per heavy atom. The molecule has 0 radical (unpaired) electrons. The van der Waals surface area contributed by atoms with Gasteiger partial charge in [-0.05, 0) is 18.2 Å². The molecule has 2 N–H and O–H groups in total. The van der Waals surface area contributed by atoms with E-state index in [1.165, 1.54) is 24.4 Å². The number of fused-ring (bicyclic) bond motifs is 1. The third-order valence-electron chi connectivity index (χ3n) is 2.87. The van der Waals surface area contributed by atoms with Gasteiger partial charge in [0.15, 0.2) is 17.8 Å². The van der Waals surface area contributed by atoms with Gasteiger partial charge in [-0.15, -0.1) is 5.10 Å². The van der Waals surface area contributed by atoms with Crippen molar-refractivity contribution in [1.82, 2.24) is 20.0 Å². The Morgan fingerprint density at radius 3 is 3.04 bits per heavy atom. The second-order valence-corrected chi connectivity index (χ2v) is 4.50. The number of benzene rings is 1. The molecule has 3 rings (SSSR count). The van der Waals surface area contributed by atoms with E-state index in [1.54, 1.807) is 18.2 Å². The number of carbonyl (C=O) groups excluding carboxylic acids is 2. The predicted octanol–water partition coefficient (Wildman–Crippen LogP) is 1.24. The number of methoxy groups -OCH3 is 1. The Kier molecular flexibility index (Phi) is 3.87. The number of hydrogen-bond acceptors (Lipinski definition) is 7. The van der Waals surface area contributed by atoms with E-state index in [0.29, 0.717) is 16.8 Å². The normalized spacial score (nSPS) is 10.5. The fourth-order valence-corrected chi connectivity index (χ4v) is 1.87. The van der Waals surface area contributed by atoms with Gasteiger partial charge < -0.3 is 14.5 Å². The lowest BCUT2D eigenvalue weighted by molar-refractivity contribution is -0.116. The van der Waals surface area contributed by atoms with Gasteiger partial charge in [-0.2, -0.15) is 0 Å². The van der Waals surface area contributed by atoms with Crippen LogP contribution in [0.4, 0.5) is 16.3 Å². The van der Waals surface area contributed by atoms with Crippen LogP contribution in [0.2, 0.25) is 0 Å². The van der Waals surface area contributed by atoms with E-state index in [-0.39, 0.29) is 18.3 Å². The Balaban J connectivity index is 1.61. The summed E-state index contributed by atoms with van der Waals surface area (Å²) in [5.41, 5.74) is 1.87. The number of rotatable bonds is 4. The van der Waals surface area contributed by atoms with Crippen LogP contribution in [-0.2, 0) is 16.1 Å². The lowest BCUT2D eigenvalue weighted by Gasteiger charge is -2.04. The Bertz CT molecular complexity index is 855. The van der Waals surface area contributed by atoms with E-state index in [9.17, 15) is 9.59 Å². The maximum Gasteiger partial charge on any atom is 0.412 e. The predicted molar refractivity (Wildman–Crippen MR) is 78.7 cm³/mol. The van der Waals surface area contributed by atoms with Gasteiger partial charge in [-0.1, -0.05) is 5.21 Å². The van der Waals surface area contributed by atoms with E-state index >= 15 is 0 Å². The molecule has 2 heterocycles. The van der Waals surface area contributed by atoms with Crippen molar-refractivity contribution in [2.75, 3.05) is 17.7 Å². The Morgan fingerprint density at radius 2 is 2.22 bits per heavy atom. The molecule has 0 aliphatic carbocycles. The lowest BCUT2D eigenvalue weighted by Crippen LogP contribution is -2.19. The summed E-state index contributed by atoms with van der Waals surface area (Å²) in [6, 6.07) is 5.12. The second-order valence-electron chi connectivity index (χ2n) is 4.50. The van der Waals surface area contributed by atoms with Crippen molar-refractivity contribution < 1.29 is 18.7 Å². The van der Waals surface area contributed by atoms with Crippen molar-refractivity contribution in [3.8, 4) is 0 Å². The number of nitrogens with one attached hydrogen (secondary N) is 2. The average Bonchev–Trinajstić information content (AvgIpc) is 3.15. The molecule has 0 aliphatic rings. The third kappa shape index (κ3) is 3.43. The van der Waals surface area contributed by atoms with Crippen LogP contribution in [-0.4, -0.2) is 39.1 Å². The quantitative estimate of drug-likeness (QED) is 0.741. The highest BCUT2D eigenvalue weighted by Gasteiger charge is 2.09. The van der Waals surface area contributed by atoms with Crippen LogP contribution in [0.1, 0.15) is 0 Å². The molecular formula is C13H12N6O4. The van der Waals surface area contributed by atoms with Crippen LogP contribution < -0.4 is 10.6 Å². The smallest absolute Gasteiger partial charge is 0.412 e. The van der Waals surface area contributed by atoms with Crippen molar-refractivity contribution in [2.45, 2.75) is 6.54 Å². The van der Waals surface area contributed by atoms with E-state index in [1.807, 2.05) is 0 Å². The fourth-order valence-electron chi connectivity index (χ4n) is 1.87. The lowest BCUT2D eigenvalue weighted by atomic mass is 10.3. The number of anilines is 2. The SMILES string of the molecule is COC(=O)Nc1cn(CC(=O)Nc2ccc3ocnc3c2)nn1. The van der Waals surface area contributed by atoms with Crippen LogP contribution >= 0.6 is 0 Å². The van der Waals surface area contributed by atoms with Crippen molar-refractivity contribution in [1.29, 1.82) is 0 Å². The van der Waals surface area contributed by atoms with Gasteiger partial charge in [0.25, 0.3) is 0 Å². The summed E-state index contributed by atoms with van der Waals surface area (Å²) in [5, 5.41) is 12.5. The topological polar surface area (TPSA) is 124 Å². The van der Waals surface area contributed by atoms with Crippen LogP contribution in [0.15, 0.2) is 35.2 Å². The first-order valence-electron chi connectivity index (χ1n) is 6.52. The Labute approximate surface area is 129 Å². The molecule has 0 bridgehead atoms.